The van der Waals surface area contributed by atoms with Crippen molar-refractivity contribution in [3.8, 4) is 0 Å². The van der Waals surface area contributed by atoms with E-state index in [0.29, 0.717) is 11.2 Å². The summed E-state index contributed by atoms with van der Waals surface area (Å²) < 4.78 is 0. The van der Waals surface area contributed by atoms with Crippen LogP contribution in [0.25, 0.3) is 5.57 Å². The van der Waals surface area contributed by atoms with Crippen molar-refractivity contribution in [3.63, 3.8) is 0 Å². The molecule has 1 aliphatic heterocycles. The first-order chi connectivity index (χ1) is 12.6. The van der Waals surface area contributed by atoms with Gasteiger partial charge in [0.2, 0.25) is 0 Å². The number of allylic oxidation sites excluding steroid dienone is 4. The monoisotopic (exact) mass is 366 g/mol. The minimum Gasteiger partial charge on any atom is -0.402 e. The molecule has 2 unspecified atom stereocenters. The van der Waals surface area contributed by atoms with Gasteiger partial charge in [-0.05, 0) is 61.0 Å². The molecule has 0 spiro atoms. The number of benzene rings is 1. The maximum Gasteiger partial charge on any atom is 0.0437 e. The summed E-state index contributed by atoms with van der Waals surface area (Å²) in [6, 6.07) is 9.00. The largest absolute Gasteiger partial charge is 0.402 e. The predicted molar refractivity (Wildman–Crippen MR) is 117 cm³/mol. The molecular formula is C23H30N2S. The maximum atomic E-state index is 5.91. The highest BCUT2D eigenvalue weighted by Crippen LogP contribution is 2.30. The van der Waals surface area contributed by atoms with Crippen molar-refractivity contribution in [1.29, 1.82) is 0 Å². The molecular weight excluding hydrogens is 336 g/mol. The Bertz CT molecular complexity index is 740. The van der Waals surface area contributed by atoms with E-state index in [0.717, 1.165) is 31.5 Å². The fourth-order valence-electron chi connectivity index (χ4n) is 3.80. The van der Waals surface area contributed by atoms with Gasteiger partial charge in [0.05, 0.1) is 0 Å². The average Bonchev–Trinajstić information content (AvgIpc) is 3.15. The van der Waals surface area contributed by atoms with E-state index in [1.165, 1.54) is 35.3 Å². The van der Waals surface area contributed by atoms with Gasteiger partial charge in [0.15, 0.2) is 0 Å². The first-order valence-corrected chi connectivity index (χ1v) is 10.9. The van der Waals surface area contributed by atoms with E-state index in [-0.39, 0.29) is 0 Å². The van der Waals surface area contributed by atoms with Gasteiger partial charge in [-0.1, -0.05) is 55.5 Å². The predicted octanol–water partition coefficient (Wildman–Crippen LogP) is 5.60. The molecule has 3 rings (SSSR count). The summed E-state index contributed by atoms with van der Waals surface area (Å²) in [5.74, 6) is 0.584. The molecule has 0 saturated carbocycles. The zero-order chi connectivity index (χ0) is 18.5. The van der Waals surface area contributed by atoms with Crippen LogP contribution in [0.2, 0.25) is 0 Å². The van der Waals surface area contributed by atoms with Gasteiger partial charge in [-0.3, -0.25) is 4.99 Å². The molecule has 3 heteroatoms. The van der Waals surface area contributed by atoms with Gasteiger partial charge in [-0.2, -0.15) is 11.8 Å². The number of hydrogen-bond acceptors (Lipinski definition) is 3. The summed E-state index contributed by atoms with van der Waals surface area (Å²) >= 11 is 1.79. The summed E-state index contributed by atoms with van der Waals surface area (Å²) in [6.45, 7) is 7.07. The second-order valence-electron chi connectivity index (χ2n) is 7.34. The van der Waals surface area contributed by atoms with Crippen LogP contribution in [0.15, 0.2) is 59.3 Å². The van der Waals surface area contributed by atoms with Crippen LogP contribution in [-0.4, -0.2) is 23.8 Å². The third kappa shape index (κ3) is 4.50. The minimum atomic E-state index is 0.344. The van der Waals surface area contributed by atoms with Gasteiger partial charge in [0.1, 0.15) is 0 Å². The Morgan fingerprint density at radius 2 is 1.96 bits per heavy atom. The lowest BCUT2D eigenvalue weighted by Crippen LogP contribution is -2.18. The number of rotatable bonds is 7. The van der Waals surface area contributed by atoms with Gasteiger partial charge in [0, 0.05) is 23.2 Å². The van der Waals surface area contributed by atoms with Crippen LogP contribution in [0, 0.1) is 5.92 Å². The quantitative estimate of drug-likeness (QED) is 0.682. The molecule has 26 heavy (non-hydrogen) atoms. The number of aliphatic imine (C=N–C) groups is 1. The lowest BCUT2D eigenvalue weighted by atomic mass is 9.91. The Balaban J connectivity index is 1.62. The molecule has 2 N–H and O–H groups in total. The van der Waals surface area contributed by atoms with E-state index in [4.69, 9.17) is 10.7 Å². The topological polar surface area (TPSA) is 38.4 Å². The molecule has 2 atom stereocenters. The van der Waals surface area contributed by atoms with Gasteiger partial charge in [-0.25, -0.2) is 0 Å². The summed E-state index contributed by atoms with van der Waals surface area (Å²) in [6.07, 6.45) is 12.3. The molecule has 0 bridgehead atoms. The molecule has 1 aromatic carbocycles. The van der Waals surface area contributed by atoms with E-state index < -0.39 is 0 Å². The zero-order valence-corrected chi connectivity index (χ0v) is 16.8. The average molecular weight is 367 g/mol. The smallest absolute Gasteiger partial charge is 0.0437 e. The van der Waals surface area contributed by atoms with Crippen molar-refractivity contribution >= 4 is 23.0 Å². The van der Waals surface area contributed by atoms with Crippen molar-refractivity contribution in [2.75, 3.05) is 12.8 Å². The molecule has 2 aliphatic rings. The van der Waals surface area contributed by atoms with Crippen LogP contribution in [0.3, 0.4) is 0 Å². The SMILES string of the molecule is C=C(N)C(CC1CN=C(c2ccc(C3=CC=C(CC)CC3)cc2)C1)SC. The summed E-state index contributed by atoms with van der Waals surface area (Å²) in [7, 11) is 0. The lowest BCUT2D eigenvalue weighted by Gasteiger charge is -2.18. The fourth-order valence-corrected chi connectivity index (χ4v) is 4.57. The Morgan fingerprint density at radius 1 is 1.23 bits per heavy atom. The molecule has 0 amide bonds. The van der Waals surface area contributed by atoms with E-state index in [2.05, 4.69) is 56.2 Å². The van der Waals surface area contributed by atoms with Gasteiger partial charge >= 0.3 is 0 Å². The molecule has 138 valence electrons. The van der Waals surface area contributed by atoms with Crippen LogP contribution >= 0.6 is 11.8 Å². The number of hydrogen-bond donors (Lipinski definition) is 1. The molecule has 2 nitrogen and oxygen atoms in total. The number of nitrogens with zero attached hydrogens (tertiary/aromatic N) is 1. The highest BCUT2D eigenvalue weighted by Gasteiger charge is 2.23. The van der Waals surface area contributed by atoms with Crippen molar-refractivity contribution < 1.29 is 0 Å². The van der Waals surface area contributed by atoms with E-state index in [1.54, 1.807) is 17.3 Å². The second kappa shape index (κ2) is 8.77. The fraction of sp³-hybridized carbons (Fsp3) is 0.435. The van der Waals surface area contributed by atoms with Crippen molar-refractivity contribution in [2.45, 2.75) is 44.3 Å². The van der Waals surface area contributed by atoms with Crippen molar-refractivity contribution in [1.82, 2.24) is 0 Å². The van der Waals surface area contributed by atoms with Gasteiger partial charge < -0.3 is 5.73 Å². The molecule has 1 aliphatic carbocycles. The standard InChI is InChI=1S/C23H30N2S/c1-4-17-5-7-19(8-6-17)20-9-11-21(12-10-20)22-13-18(15-25-22)14-23(26-3)16(2)24/h5,7,9-12,18,23H,2,4,6,8,13-15,24H2,1,3H3. The van der Waals surface area contributed by atoms with Crippen LogP contribution in [-0.2, 0) is 0 Å². The Morgan fingerprint density at radius 3 is 2.54 bits per heavy atom. The highest BCUT2D eigenvalue weighted by atomic mass is 32.2. The summed E-state index contributed by atoms with van der Waals surface area (Å²) in [5, 5.41) is 0.344. The Kier molecular flexibility index (Phi) is 6.42. The number of thioether (sulfide) groups is 1. The van der Waals surface area contributed by atoms with E-state index in [9.17, 15) is 0 Å². The highest BCUT2D eigenvalue weighted by molar-refractivity contribution is 7.99. The van der Waals surface area contributed by atoms with Crippen LogP contribution in [0.5, 0.6) is 0 Å². The third-order valence-corrected chi connectivity index (χ3v) is 6.61. The Labute approximate surface area is 162 Å². The second-order valence-corrected chi connectivity index (χ2v) is 8.38. The molecule has 1 heterocycles. The molecule has 1 aromatic rings. The molecule has 0 aromatic heterocycles. The van der Waals surface area contributed by atoms with Crippen LogP contribution in [0.1, 0.15) is 50.2 Å². The normalized spacial score (nSPS) is 21.0. The van der Waals surface area contributed by atoms with Crippen molar-refractivity contribution in [2.24, 2.45) is 16.6 Å². The van der Waals surface area contributed by atoms with E-state index in [1.807, 2.05) is 0 Å². The van der Waals surface area contributed by atoms with Crippen molar-refractivity contribution in [3.05, 3.63) is 65.4 Å². The number of nitrogens with two attached hydrogens (primary N) is 1. The minimum absolute atomic E-state index is 0.344. The third-order valence-electron chi connectivity index (χ3n) is 5.55. The zero-order valence-electron chi connectivity index (χ0n) is 16.0. The maximum absolute atomic E-state index is 5.91. The molecule has 0 saturated heterocycles. The first-order valence-electron chi connectivity index (χ1n) is 9.60. The lowest BCUT2D eigenvalue weighted by molar-refractivity contribution is 0.547. The first kappa shape index (κ1) is 19.0. The molecule has 0 fully saturated rings. The van der Waals surface area contributed by atoms with E-state index >= 15 is 0 Å². The van der Waals surface area contributed by atoms with Gasteiger partial charge in [-0.15, -0.1) is 0 Å². The summed E-state index contributed by atoms with van der Waals surface area (Å²) in [5.41, 5.74) is 13.6. The molecule has 0 radical (unpaired) electrons. The van der Waals surface area contributed by atoms with Gasteiger partial charge in [0.25, 0.3) is 0 Å². The Hall–Kier alpha value is -1.74. The summed E-state index contributed by atoms with van der Waals surface area (Å²) in [4.78, 5) is 4.81. The van der Waals surface area contributed by atoms with Crippen LogP contribution in [0.4, 0.5) is 0 Å². The van der Waals surface area contributed by atoms with Crippen LogP contribution < -0.4 is 5.73 Å².